The van der Waals surface area contributed by atoms with Gasteiger partial charge in [-0.15, -0.1) is 0 Å². The van der Waals surface area contributed by atoms with E-state index in [0.717, 1.165) is 9.65 Å². The summed E-state index contributed by atoms with van der Waals surface area (Å²) in [6.45, 7) is 0. The first-order chi connectivity index (χ1) is 7.58. The van der Waals surface area contributed by atoms with Gasteiger partial charge in [-0.2, -0.15) is 9.19 Å². The Hall–Kier alpha value is -1.82. The summed E-state index contributed by atoms with van der Waals surface area (Å²) in [7, 11) is -3.47. The molecule has 0 aliphatic carbocycles. The zero-order chi connectivity index (χ0) is 11.6. The Bertz CT molecular complexity index is 575. The summed E-state index contributed by atoms with van der Waals surface area (Å²) in [5.74, 6) is -0.0883. The molecule has 1 aromatic carbocycles. The molecule has 0 aliphatic rings. The van der Waals surface area contributed by atoms with Crippen molar-refractivity contribution in [3.63, 3.8) is 0 Å². The quantitative estimate of drug-likeness (QED) is 0.858. The number of rotatable bonds is 3. The molecule has 84 valence electrons. The first-order valence-corrected chi connectivity index (χ1v) is 6.26. The van der Waals surface area contributed by atoms with Gasteiger partial charge >= 0.3 is 0 Å². The van der Waals surface area contributed by atoms with Crippen molar-refractivity contribution in [2.75, 3.05) is 5.73 Å². The highest BCUT2D eigenvalue weighted by atomic mass is 32.2. The van der Waals surface area contributed by atoms with Gasteiger partial charge in [0.1, 0.15) is 0 Å². The Labute approximate surface area is 93.6 Å². The van der Waals surface area contributed by atoms with Crippen LogP contribution in [0, 0.1) is 0 Å². The molecule has 0 fully saturated rings. The van der Waals surface area contributed by atoms with Crippen LogP contribution in [-0.4, -0.2) is 17.6 Å². The Balaban J connectivity index is 2.28. The van der Waals surface area contributed by atoms with Crippen molar-refractivity contribution in [1.29, 1.82) is 0 Å². The van der Waals surface area contributed by atoms with Crippen molar-refractivity contribution in [3.05, 3.63) is 48.3 Å². The molecule has 0 saturated carbocycles. The molecule has 0 aliphatic heterocycles. The van der Waals surface area contributed by atoms with Gasteiger partial charge in [0.2, 0.25) is 0 Å². The highest BCUT2D eigenvalue weighted by molar-refractivity contribution is 7.89. The zero-order valence-electron chi connectivity index (χ0n) is 8.45. The van der Waals surface area contributed by atoms with Gasteiger partial charge in [0.25, 0.3) is 10.0 Å². The predicted octanol–water partition coefficient (Wildman–Crippen LogP) is 0.843. The molecule has 6 heteroatoms. The van der Waals surface area contributed by atoms with E-state index in [0.29, 0.717) is 5.69 Å². The predicted molar refractivity (Wildman–Crippen MR) is 61.1 cm³/mol. The van der Waals surface area contributed by atoms with Crippen LogP contribution in [0.4, 0.5) is 5.69 Å². The fourth-order valence-corrected chi connectivity index (χ4v) is 2.54. The van der Waals surface area contributed by atoms with Crippen LogP contribution in [0.2, 0.25) is 0 Å². The van der Waals surface area contributed by atoms with Crippen LogP contribution in [-0.2, 0) is 15.8 Å². The molecule has 0 bridgehead atoms. The maximum Gasteiger partial charge on any atom is 0.258 e. The van der Waals surface area contributed by atoms with Crippen LogP contribution in [0.15, 0.2) is 42.7 Å². The molecule has 1 heterocycles. The number of anilines is 1. The van der Waals surface area contributed by atoms with Crippen LogP contribution in [0.5, 0.6) is 0 Å². The van der Waals surface area contributed by atoms with Crippen LogP contribution < -0.4 is 5.73 Å². The van der Waals surface area contributed by atoms with Crippen LogP contribution in [0.25, 0.3) is 0 Å². The summed E-state index contributed by atoms with van der Waals surface area (Å²) in [5.41, 5.74) is 6.47. The fraction of sp³-hybridized carbons (Fsp3) is 0.100. The molecule has 0 atom stereocenters. The molecule has 0 spiro atoms. The van der Waals surface area contributed by atoms with Gasteiger partial charge in [-0.3, -0.25) is 0 Å². The molecule has 5 nitrogen and oxygen atoms in total. The van der Waals surface area contributed by atoms with Gasteiger partial charge in [0.15, 0.2) is 0 Å². The number of nitrogens with zero attached hydrogens (tertiary/aromatic N) is 2. The summed E-state index contributed by atoms with van der Waals surface area (Å²) < 4.78 is 24.6. The van der Waals surface area contributed by atoms with Crippen molar-refractivity contribution >= 4 is 15.7 Å². The lowest BCUT2D eigenvalue weighted by atomic mass is 10.2. The molecule has 0 saturated heterocycles. The average molecular weight is 237 g/mol. The van der Waals surface area contributed by atoms with Gasteiger partial charge < -0.3 is 5.73 Å². The van der Waals surface area contributed by atoms with Crippen LogP contribution >= 0.6 is 0 Å². The maximum atomic E-state index is 11.9. The number of hydrogen-bond donors (Lipinski definition) is 1. The monoisotopic (exact) mass is 237 g/mol. The minimum absolute atomic E-state index is 0.0883. The summed E-state index contributed by atoms with van der Waals surface area (Å²) in [4.78, 5) is 0. The molecule has 2 rings (SSSR count). The first kappa shape index (κ1) is 10.7. The number of benzene rings is 1. The lowest BCUT2D eigenvalue weighted by Gasteiger charge is -2.03. The molecule has 0 radical (unpaired) electrons. The van der Waals surface area contributed by atoms with E-state index < -0.39 is 10.0 Å². The summed E-state index contributed by atoms with van der Waals surface area (Å²) in [6.07, 6.45) is 2.60. The third kappa shape index (κ3) is 2.22. The number of nitrogen functional groups attached to an aromatic ring is 1. The van der Waals surface area contributed by atoms with Crippen molar-refractivity contribution in [3.8, 4) is 0 Å². The molecular formula is C10H11N3O2S. The molecule has 0 unspecified atom stereocenters. The van der Waals surface area contributed by atoms with Gasteiger partial charge in [0.05, 0.1) is 23.8 Å². The Morgan fingerprint density at radius 3 is 2.50 bits per heavy atom. The van der Waals surface area contributed by atoms with E-state index in [1.54, 1.807) is 24.3 Å². The van der Waals surface area contributed by atoms with E-state index in [1.165, 1.54) is 12.4 Å². The first-order valence-electron chi connectivity index (χ1n) is 4.65. The van der Waals surface area contributed by atoms with E-state index in [2.05, 4.69) is 5.10 Å². The highest BCUT2D eigenvalue weighted by Crippen LogP contribution is 2.09. The van der Waals surface area contributed by atoms with Crippen molar-refractivity contribution < 1.29 is 8.42 Å². The lowest BCUT2D eigenvalue weighted by Crippen LogP contribution is -2.15. The molecule has 2 N–H and O–H groups in total. The SMILES string of the molecule is Nc1cnn(S(=O)(=O)Cc2ccccc2)c1. The minimum Gasteiger partial charge on any atom is -0.396 e. The largest absolute Gasteiger partial charge is 0.396 e. The Morgan fingerprint density at radius 2 is 1.94 bits per heavy atom. The second kappa shape index (κ2) is 3.97. The number of nitrogens with two attached hydrogens (primary N) is 1. The van der Waals surface area contributed by atoms with E-state index in [-0.39, 0.29) is 5.75 Å². The van der Waals surface area contributed by atoms with Gasteiger partial charge in [-0.1, -0.05) is 30.3 Å². The van der Waals surface area contributed by atoms with Crippen LogP contribution in [0.1, 0.15) is 5.56 Å². The Morgan fingerprint density at radius 1 is 1.25 bits per heavy atom. The summed E-state index contributed by atoms with van der Waals surface area (Å²) >= 11 is 0. The van der Waals surface area contributed by atoms with Crippen molar-refractivity contribution in [1.82, 2.24) is 9.19 Å². The second-order valence-corrected chi connectivity index (χ2v) is 5.21. The van der Waals surface area contributed by atoms with Crippen molar-refractivity contribution in [2.24, 2.45) is 0 Å². The van der Waals surface area contributed by atoms with Gasteiger partial charge in [-0.05, 0) is 5.56 Å². The topological polar surface area (TPSA) is 78.0 Å². The average Bonchev–Trinajstić information content (AvgIpc) is 2.66. The van der Waals surface area contributed by atoms with Crippen molar-refractivity contribution in [2.45, 2.75) is 5.75 Å². The fourth-order valence-electron chi connectivity index (χ4n) is 1.32. The van der Waals surface area contributed by atoms with Gasteiger partial charge in [-0.25, -0.2) is 8.42 Å². The molecule has 1 aromatic heterocycles. The van der Waals surface area contributed by atoms with E-state index >= 15 is 0 Å². The second-order valence-electron chi connectivity index (χ2n) is 3.39. The molecule has 16 heavy (non-hydrogen) atoms. The highest BCUT2D eigenvalue weighted by Gasteiger charge is 2.14. The number of aromatic nitrogens is 2. The van der Waals surface area contributed by atoms with E-state index in [1.807, 2.05) is 6.07 Å². The third-order valence-electron chi connectivity index (χ3n) is 2.06. The zero-order valence-corrected chi connectivity index (χ0v) is 9.26. The lowest BCUT2D eigenvalue weighted by molar-refractivity contribution is 0.579. The normalized spacial score (nSPS) is 11.5. The van der Waals surface area contributed by atoms with E-state index in [4.69, 9.17) is 5.73 Å². The standard InChI is InChI=1S/C10H11N3O2S/c11-10-6-12-13(7-10)16(14,15)8-9-4-2-1-3-5-9/h1-7H,8,11H2. The van der Waals surface area contributed by atoms with Crippen LogP contribution in [0.3, 0.4) is 0 Å². The molecule has 2 aromatic rings. The number of hydrogen-bond acceptors (Lipinski definition) is 4. The van der Waals surface area contributed by atoms with Gasteiger partial charge in [0, 0.05) is 0 Å². The van der Waals surface area contributed by atoms with E-state index in [9.17, 15) is 8.42 Å². The summed E-state index contributed by atoms with van der Waals surface area (Å²) in [5, 5.41) is 3.69. The molecular weight excluding hydrogens is 226 g/mol. The smallest absolute Gasteiger partial charge is 0.258 e. The minimum atomic E-state index is -3.47. The maximum absolute atomic E-state index is 11.9. The Kier molecular flexibility index (Phi) is 2.66. The molecule has 0 amide bonds. The third-order valence-corrected chi connectivity index (χ3v) is 3.52. The summed E-state index contributed by atoms with van der Waals surface area (Å²) in [6, 6.07) is 8.93.